The van der Waals surface area contributed by atoms with Crippen LogP contribution < -0.4 is 5.32 Å². The van der Waals surface area contributed by atoms with Gasteiger partial charge in [-0.2, -0.15) is 0 Å². The molecule has 0 radical (unpaired) electrons. The molecule has 0 spiro atoms. The van der Waals surface area contributed by atoms with Crippen molar-refractivity contribution in [1.82, 2.24) is 25.0 Å². The van der Waals surface area contributed by atoms with Gasteiger partial charge in [0.25, 0.3) is 0 Å². The summed E-state index contributed by atoms with van der Waals surface area (Å²) in [6, 6.07) is 4.12. The first-order chi connectivity index (χ1) is 11.7. The van der Waals surface area contributed by atoms with E-state index in [1.807, 2.05) is 17.6 Å². The summed E-state index contributed by atoms with van der Waals surface area (Å²) in [6.45, 7) is 4.67. The first-order valence-corrected chi connectivity index (χ1v) is 10.0. The van der Waals surface area contributed by atoms with Gasteiger partial charge in [-0.15, -0.1) is 31.7 Å². The van der Waals surface area contributed by atoms with Gasteiger partial charge in [0, 0.05) is 17.8 Å². The average molecular weight is 381 g/mol. The number of hydrogen-bond acceptors (Lipinski definition) is 8. The van der Waals surface area contributed by atoms with E-state index in [1.165, 1.54) is 28.0 Å². The van der Waals surface area contributed by atoms with Crippen LogP contribution in [-0.2, 0) is 17.8 Å². The first kappa shape index (κ1) is 17.1. The van der Waals surface area contributed by atoms with Crippen LogP contribution in [-0.4, -0.2) is 36.6 Å². The molecule has 0 saturated heterocycles. The number of aryl methyl sites for hydroxylation is 1. The number of anilines is 1. The lowest BCUT2D eigenvalue weighted by Crippen LogP contribution is -2.14. The number of hydrogen-bond donors (Lipinski definition) is 1. The van der Waals surface area contributed by atoms with E-state index in [-0.39, 0.29) is 11.7 Å². The topological polar surface area (TPSA) is 85.6 Å². The van der Waals surface area contributed by atoms with Crippen molar-refractivity contribution in [2.24, 2.45) is 0 Å². The Morgan fingerprint density at radius 3 is 2.88 bits per heavy atom. The highest BCUT2D eigenvalue weighted by Crippen LogP contribution is 2.21. The zero-order chi connectivity index (χ0) is 16.9. The molecule has 3 aromatic rings. The average Bonchev–Trinajstić information content (AvgIpc) is 3.28. The van der Waals surface area contributed by atoms with E-state index in [9.17, 15) is 4.79 Å². The Kier molecular flexibility index (Phi) is 5.59. The molecule has 0 saturated carbocycles. The van der Waals surface area contributed by atoms with Crippen molar-refractivity contribution in [2.75, 3.05) is 11.1 Å². The van der Waals surface area contributed by atoms with Gasteiger partial charge < -0.3 is 4.57 Å². The van der Waals surface area contributed by atoms with E-state index >= 15 is 0 Å². The van der Waals surface area contributed by atoms with Gasteiger partial charge in [0.1, 0.15) is 10.8 Å². The van der Waals surface area contributed by atoms with Crippen molar-refractivity contribution in [3.63, 3.8) is 0 Å². The monoisotopic (exact) mass is 380 g/mol. The molecule has 0 bridgehead atoms. The van der Waals surface area contributed by atoms with Crippen LogP contribution in [0.2, 0.25) is 0 Å². The van der Waals surface area contributed by atoms with Crippen LogP contribution in [0.15, 0.2) is 22.7 Å². The number of nitrogens with one attached hydrogen (secondary N) is 1. The Balaban J connectivity index is 1.60. The summed E-state index contributed by atoms with van der Waals surface area (Å²) < 4.78 is 2.05. The standard InChI is InChI=1S/C14H16N6OS3/c1-3-20-11(7-10-5-4-6-22-10)17-19-14(20)23-8-12(21)15-13-18-16-9(2)24-13/h4-6H,3,7-8H2,1-2H3,(H,15,18,21). The fourth-order valence-electron chi connectivity index (χ4n) is 2.08. The minimum atomic E-state index is -0.124. The first-order valence-electron chi connectivity index (χ1n) is 7.33. The molecular weight excluding hydrogens is 364 g/mol. The highest BCUT2D eigenvalue weighted by atomic mass is 32.2. The number of aromatic nitrogens is 5. The second-order valence-electron chi connectivity index (χ2n) is 4.86. The Morgan fingerprint density at radius 2 is 2.21 bits per heavy atom. The third-order valence-corrected chi connectivity index (χ3v) is 5.72. The molecule has 126 valence electrons. The summed E-state index contributed by atoms with van der Waals surface area (Å²) in [5.41, 5.74) is 0. The van der Waals surface area contributed by atoms with E-state index in [2.05, 4.69) is 44.1 Å². The maximum atomic E-state index is 12.0. The van der Waals surface area contributed by atoms with Gasteiger partial charge in [-0.3, -0.25) is 10.1 Å². The number of carbonyl (C=O) groups excluding carboxylic acids is 1. The normalized spacial score (nSPS) is 10.9. The molecule has 0 aliphatic carbocycles. The molecule has 1 N–H and O–H groups in total. The molecule has 0 aliphatic rings. The van der Waals surface area contributed by atoms with Crippen LogP contribution in [0.5, 0.6) is 0 Å². The van der Waals surface area contributed by atoms with Crippen molar-refractivity contribution in [1.29, 1.82) is 0 Å². The van der Waals surface area contributed by atoms with Crippen LogP contribution in [0.25, 0.3) is 0 Å². The summed E-state index contributed by atoms with van der Waals surface area (Å²) in [6.07, 6.45) is 0.759. The van der Waals surface area contributed by atoms with E-state index in [1.54, 1.807) is 11.3 Å². The third kappa shape index (κ3) is 4.19. The SMILES string of the molecule is CCn1c(Cc2cccs2)nnc1SCC(=O)Nc1nnc(C)s1. The predicted octanol–water partition coefficient (Wildman–Crippen LogP) is 2.84. The predicted molar refractivity (Wildman–Crippen MR) is 96.8 cm³/mol. The molecule has 3 rings (SSSR count). The number of thioether (sulfide) groups is 1. The minimum Gasteiger partial charge on any atom is -0.306 e. The smallest absolute Gasteiger partial charge is 0.236 e. The largest absolute Gasteiger partial charge is 0.306 e. The van der Waals surface area contributed by atoms with Crippen LogP contribution in [0.1, 0.15) is 22.6 Å². The molecule has 7 nitrogen and oxygen atoms in total. The van der Waals surface area contributed by atoms with Crippen molar-refractivity contribution in [2.45, 2.75) is 32.0 Å². The Hall–Kier alpha value is -1.78. The molecule has 0 aromatic carbocycles. The minimum absolute atomic E-state index is 0.124. The van der Waals surface area contributed by atoms with Crippen molar-refractivity contribution in [3.05, 3.63) is 33.2 Å². The van der Waals surface area contributed by atoms with Crippen molar-refractivity contribution >= 4 is 45.5 Å². The number of carbonyl (C=O) groups is 1. The Morgan fingerprint density at radius 1 is 1.33 bits per heavy atom. The van der Waals surface area contributed by atoms with Crippen LogP contribution in [0.4, 0.5) is 5.13 Å². The maximum Gasteiger partial charge on any atom is 0.236 e. The van der Waals surface area contributed by atoms with E-state index in [0.717, 1.165) is 29.0 Å². The zero-order valence-electron chi connectivity index (χ0n) is 13.2. The summed E-state index contributed by atoms with van der Waals surface area (Å²) in [5, 5.41) is 23.2. The van der Waals surface area contributed by atoms with Crippen LogP contribution >= 0.6 is 34.4 Å². The lowest BCUT2D eigenvalue weighted by atomic mass is 10.3. The zero-order valence-corrected chi connectivity index (χ0v) is 15.7. The summed E-state index contributed by atoms with van der Waals surface area (Å²) in [5.74, 6) is 1.06. The molecule has 0 atom stereocenters. The molecule has 10 heteroatoms. The molecular formula is C14H16N6OS3. The number of rotatable bonds is 7. The summed E-state index contributed by atoms with van der Waals surface area (Å²) in [4.78, 5) is 13.3. The fraction of sp³-hybridized carbons (Fsp3) is 0.357. The molecule has 0 aliphatic heterocycles. The van der Waals surface area contributed by atoms with Gasteiger partial charge in [0.2, 0.25) is 11.0 Å². The number of nitrogens with zero attached hydrogens (tertiary/aromatic N) is 5. The number of amides is 1. The van der Waals surface area contributed by atoms with Crippen LogP contribution in [0.3, 0.4) is 0 Å². The quantitative estimate of drug-likeness (QED) is 0.635. The van der Waals surface area contributed by atoms with Gasteiger partial charge in [-0.1, -0.05) is 29.2 Å². The lowest BCUT2D eigenvalue weighted by molar-refractivity contribution is -0.113. The lowest BCUT2D eigenvalue weighted by Gasteiger charge is -2.06. The number of thiophene rings is 1. The van der Waals surface area contributed by atoms with Gasteiger partial charge in [0.05, 0.1) is 5.75 Å². The second kappa shape index (κ2) is 7.86. The second-order valence-corrected chi connectivity index (χ2v) is 8.02. The summed E-state index contributed by atoms with van der Waals surface area (Å²) in [7, 11) is 0. The Bertz CT molecular complexity index is 810. The van der Waals surface area contributed by atoms with Crippen LogP contribution in [0, 0.1) is 6.92 Å². The van der Waals surface area contributed by atoms with E-state index in [0.29, 0.717) is 5.13 Å². The van der Waals surface area contributed by atoms with E-state index < -0.39 is 0 Å². The van der Waals surface area contributed by atoms with Gasteiger partial charge in [-0.05, 0) is 25.3 Å². The molecule has 0 unspecified atom stereocenters. The van der Waals surface area contributed by atoms with Gasteiger partial charge >= 0.3 is 0 Å². The molecule has 3 heterocycles. The van der Waals surface area contributed by atoms with Gasteiger partial charge in [0.15, 0.2) is 5.16 Å². The molecule has 0 fully saturated rings. The summed E-state index contributed by atoms with van der Waals surface area (Å²) >= 11 is 4.44. The third-order valence-electron chi connectivity index (χ3n) is 3.13. The molecule has 1 amide bonds. The highest BCUT2D eigenvalue weighted by Gasteiger charge is 2.14. The van der Waals surface area contributed by atoms with Crippen molar-refractivity contribution < 1.29 is 4.79 Å². The Labute approximate surface area is 151 Å². The molecule has 3 aromatic heterocycles. The highest BCUT2D eigenvalue weighted by molar-refractivity contribution is 7.99. The van der Waals surface area contributed by atoms with E-state index in [4.69, 9.17) is 0 Å². The molecule has 24 heavy (non-hydrogen) atoms. The van der Waals surface area contributed by atoms with Gasteiger partial charge in [-0.25, -0.2) is 0 Å². The van der Waals surface area contributed by atoms with Crippen molar-refractivity contribution in [3.8, 4) is 0 Å². The fourth-order valence-corrected chi connectivity index (χ4v) is 4.21. The maximum absolute atomic E-state index is 12.0.